The molecule has 0 unspecified atom stereocenters. The number of rotatable bonds is 8. The Morgan fingerprint density at radius 3 is 2.48 bits per heavy atom. The molecule has 0 saturated carbocycles. The molecule has 148 valence electrons. The number of hydrogen-bond acceptors (Lipinski definition) is 5. The molecule has 1 aliphatic rings. The molecule has 0 spiro atoms. The molecule has 6 heteroatoms. The first-order valence-corrected chi connectivity index (χ1v) is 9.46. The second kappa shape index (κ2) is 9.01. The largest absolute Gasteiger partial charge is 0.493 e. The van der Waals surface area contributed by atoms with E-state index in [1.165, 1.54) is 0 Å². The van der Waals surface area contributed by atoms with E-state index in [9.17, 15) is 4.79 Å². The summed E-state index contributed by atoms with van der Waals surface area (Å²) in [7, 11) is 0. The lowest BCUT2D eigenvalue weighted by Crippen LogP contribution is -2.15. The van der Waals surface area contributed by atoms with Crippen LogP contribution in [0.4, 0.5) is 11.4 Å². The molecule has 0 saturated heterocycles. The number of carbonyl (C=O) groups excluding carboxylic acids is 1. The fraction of sp³-hybridized carbons (Fsp3) is 0.174. The Morgan fingerprint density at radius 2 is 1.66 bits per heavy atom. The first-order chi connectivity index (χ1) is 14.3. The number of benzene rings is 3. The van der Waals surface area contributed by atoms with E-state index in [1.54, 1.807) is 0 Å². The highest BCUT2D eigenvalue weighted by molar-refractivity contribution is 5.90. The molecule has 0 aliphatic carbocycles. The molecule has 0 fully saturated rings. The highest BCUT2D eigenvalue weighted by Gasteiger charge is 2.12. The minimum atomic E-state index is -0.0815. The Bertz CT molecular complexity index is 958. The summed E-state index contributed by atoms with van der Waals surface area (Å²) in [6, 6.07) is 23.0. The predicted molar refractivity (Wildman–Crippen MR) is 112 cm³/mol. The van der Waals surface area contributed by atoms with Gasteiger partial charge in [-0.15, -0.1) is 0 Å². The van der Waals surface area contributed by atoms with Crippen molar-refractivity contribution in [3.8, 4) is 17.2 Å². The lowest BCUT2D eigenvalue weighted by molar-refractivity contribution is -0.116. The van der Waals surface area contributed by atoms with E-state index in [0.29, 0.717) is 19.6 Å². The molecule has 1 heterocycles. The Hall–Kier alpha value is -3.67. The van der Waals surface area contributed by atoms with Crippen molar-refractivity contribution in [2.24, 2.45) is 0 Å². The maximum Gasteiger partial charge on any atom is 0.231 e. The SMILES string of the molecule is O=C(CCOc1ccccc1)Nc1ccc(NCc2ccc3c(c2)OCO3)cc1. The van der Waals surface area contributed by atoms with Crippen molar-refractivity contribution in [2.75, 3.05) is 24.0 Å². The van der Waals surface area contributed by atoms with E-state index in [2.05, 4.69) is 10.6 Å². The van der Waals surface area contributed by atoms with Crippen molar-refractivity contribution in [1.82, 2.24) is 0 Å². The monoisotopic (exact) mass is 390 g/mol. The Balaban J connectivity index is 1.22. The molecule has 3 aromatic rings. The number of ether oxygens (including phenoxy) is 3. The molecule has 0 bridgehead atoms. The van der Waals surface area contributed by atoms with Crippen LogP contribution in [0.3, 0.4) is 0 Å². The normalized spacial score (nSPS) is 11.7. The van der Waals surface area contributed by atoms with Gasteiger partial charge in [0.25, 0.3) is 0 Å². The molecule has 0 aromatic heterocycles. The van der Waals surface area contributed by atoms with Crippen molar-refractivity contribution in [3.05, 3.63) is 78.4 Å². The summed E-state index contributed by atoms with van der Waals surface area (Å²) in [5, 5.41) is 6.24. The van der Waals surface area contributed by atoms with Crippen LogP contribution >= 0.6 is 0 Å². The van der Waals surface area contributed by atoms with E-state index < -0.39 is 0 Å². The third kappa shape index (κ3) is 5.19. The summed E-state index contributed by atoms with van der Waals surface area (Å²) in [4.78, 5) is 12.1. The van der Waals surface area contributed by atoms with E-state index in [1.807, 2.05) is 72.8 Å². The molecule has 0 atom stereocenters. The van der Waals surface area contributed by atoms with Crippen molar-refractivity contribution in [2.45, 2.75) is 13.0 Å². The number of nitrogens with one attached hydrogen (secondary N) is 2. The summed E-state index contributed by atoms with van der Waals surface area (Å²) < 4.78 is 16.3. The maximum absolute atomic E-state index is 12.1. The van der Waals surface area contributed by atoms with Crippen LogP contribution in [-0.4, -0.2) is 19.3 Å². The van der Waals surface area contributed by atoms with Crippen molar-refractivity contribution in [1.29, 1.82) is 0 Å². The van der Waals surface area contributed by atoms with Crippen LogP contribution in [0.1, 0.15) is 12.0 Å². The van der Waals surface area contributed by atoms with Crippen molar-refractivity contribution < 1.29 is 19.0 Å². The Kier molecular flexibility index (Phi) is 5.81. The second-order valence-electron chi connectivity index (χ2n) is 6.58. The first kappa shape index (κ1) is 18.7. The highest BCUT2D eigenvalue weighted by Crippen LogP contribution is 2.32. The first-order valence-electron chi connectivity index (χ1n) is 9.46. The molecule has 2 N–H and O–H groups in total. The summed E-state index contributed by atoms with van der Waals surface area (Å²) in [6.07, 6.45) is 0.291. The minimum absolute atomic E-state index is 0.0815. The van der Waals surface area contributed by atoms with E-state index in [-0.39, 0.29) is 12.7 Å². The molecular formula is C23H22N2O4. The minimum Gasteiger partial charge on any atom is -0.493 e. The number of anilines is 2. The summed E-state index contributed by atoms with van der Waals surface area (Å²) in [6.45, 7) is 1.28. The summed E-state index contributed by atoms with van der Waals surface area (Å²) >= 11 is 0. The van der Waals surface area contributed by atoms with Gasteiger partial charge in [-0.05, 0) is 54.1 Å². The van der Waals surface area contributed by atoms with Gasteiger partial charge in [0.15, 0.2) is 11.5 Å². The van der Waals surface area contributed by atoms with Gasteiger partial charge >= 0.3 is 0 Å². The molecule has 1 aliphatic heterocycles. The van der Waals surface area contributed by atoms with Crippen LogP contribution in [0, 0.1) is 0 Å². The van der Waals surface area contributed by atoms with Gasteiger partial charge in [0.1, 0.15) is 5.75 Å². The number of fused-ring (bicyclic) bond motifs is 1. The highest BCUT2D eigenvalue weighted by atomic mass is 16.7. The smallest absolute Gasteiger partial charge is 0.231 e. The van der Waals surface area contributed by atoms with Gasteiger partial charge in [-0.2, -0.15) is 0 Å². The topological polar surface area (TPSA) is 68.8 Å². The van der Waals surface area contributed by atoms with Crippen LogP contribution in [0.5, 0.6) is 17.2 Å². The zero-order valence-electron chi connectivity index (χ0n) is 15.9. The van der Waals surface area contributed by atoms with Crippen LogP contribution in [0.15, 0.2) is 72.8 Å². The standard InChI is InChI=1S/C23H22N2O4/c26-23(12-13-27-20-4-2-1-3-5-20)25-19-9-7-18(8-10-19)24-15-17-6-11-21-22(14-17)29-16-28-21/h1-11,14,24H,12-13,15-16H2,(H,25,26). The predicted octanol–water partition coefficient (Wildman–Crippen LogP) is 4.44. The van der Waals surface area contributed by atoms with Gasteiger partial charge < -0.3 is 24.8 Å². The van der Waals surface area contributed by atoms with E-state index in [0.717, 1.165) is 34.2 Å². The number of carbonyl (C=O) groups is 1. The van der Waals surface area contributed by atoms with Gasteiger partial charge in [-0.3, -0.25) is 4.79 Å². The molecule has 3 aromatic carbocycles. The van der Waals surface area contributed by atoms with Gasteiger partial charge in [0.2, 0.25) is 12.7 Å². The summed E-state index contributed by atoms with van der Waals surface area (Å²) in [5.41, 5.74) is 2.82. The van der Waals surface area contributed by atoms with E-state index in [4.69, 9.17) is 14.2 Å². The van der Waals surface area contributed by atoms with Crippen LogP contribution in [-0.2, 0) is 11.3 Å². The molecule has 0 radical (unpaired) electrons. The molecular weight excluding hydrogens is 368 g/mol. The van der Waals surface area contributed by atoms with Gasteiger partial charge in [0.05, 0.1) is 13.0 Å². The van der Waals surface area contributed by atoms with Gasteiger partial charge in [-0.1, -0.05) is 24.3 Å². The molecule has 1 amide bonds. The number of hydrogen-bond donors (Lipinski definition) is 2. The maximum atomic E-state index is 12.1. The number of amides is 1. The average molecular weight is 390 g/mol. The van der Waals surface area contributed by atoms with Crippen LogP contribution < -0.4 is 24.8 Å². The zero-order valence-corrected chi connectivity index (χ0v) is 15.9. The molecule has 4 rings (SSSR count). The Morgan fingerprint density at radius 1 is 0.897 bits per heavy atom. The fourth-order valence-corrected chi connectivity index (χ4v) is 2.93. The van der Waals surface area contributed by atoms with E-state index >= 15 is 0 Å². The van der Waals surface area contributed by atoms with Crippen molar-refractivity contribution >= 4 is 17.3 Å². The number of para-hydroxylation sites is 1. The second-order valence-corrected chi connectivity index (χ2v) is 6.58. The van der Waals surface area contributed by atoms with Crippen LogP contribution in [0.2, 0.25) is 0 Å². The van der Waals surface area contributed by atoms with Crippen molar-refractivity contribution in [3.63, 3.8) is 0 Å². The Labute approximate surface area is 169 Å². The van der Waals surface area contributed by atoms with Gasteiger partial charge in [-0.25, -0.2) is 0 Å². The molecule has 6 nitrogen and oxygen atoms in total. The van der Waals surface area contributed by atoms with Gasteiger partial charge in [0, 0.05) is 17.9 Å². The quantitative estimate of drug-likeness (QED) is 0.595. The fourth-order valence-electron chi connectivity index (χ4n) is 2.93. The average Bonchev–Trinajstić information content (AvgIpc) is 3.22. The summed E-state index contributed by atoms with van der Waals surface area (Å²) in [5.74, 6) is 2.24. The third-order valence-electron chi connectivity index (χ3n) is 4.44. The lowest BCUT2D eigenvalue weighted by atomic mass is 10.2. The zero-order chi connectivity index (χ0) is 19.9. The lowest BCUT2D eigenvalue weighted by Gasteiger charge is -2.10. The third-order valence-corrected chi connectivity index (χ3v) is 4.44. The molecule has 29 heavy (non-hydrogen) atoms. The van der Waals surface area contributed by atoms with Crippen LogP contribution in [0.25, 0.3) is 0 Å².